The molecule has 0 aliphatic carbocycles. The lowest BCUT2D eigenvalue weighted by molar-refractivity contribution is -0.137. The second-order valence-electron chi connectivity index (χ2n) is 10.4. The topological polar surface area (TPSA) is 37.3 Å². The standard InChI is InChI=1S/C30H60O2S/c31-30(32)28-26-24-22-20-18-16-14-12-10-8-6-4-2-1-3-5-7-9-11-13-15-17-19-21-23-25-27-29-33/h33H,1-29H2,(H,31,32). The Kier molecular flexibility index (Phi) is 29.7. The monoisotopic (exact) mass is 484 g/mol. The highest BCUT2D eigenvalue weighted by Gasteiger charge is 1.98. The predicted octanol–water partition coefficient (Wildman–Crippen LogP) is 10.9. The Morgan fingerprint density at radius 2 is 0.545 bits per heavy atom. The molecule has 0 saturated heterocycles. The van der Waals surface area contributed by atoms with E-state index in [4.69, 9.17) is 5.11 Å². The van der Waals surface area contributed by atoms with Crippen LogP contribution in [0.3, 0.4) is 0 Å². The molecule has 198 valence electrons. The van der Waals surface area contributed by atoms with Crippen molar-refractivity contribution in [3.63, 3.8) is 0 Å². The summed E-state index contributed by atoms with van der Waals surface area (Å²) in [6.07, 6.45) is 37.7. The fourth-order valence-electron chi connectivity index (χ4n) is 4.81. The van der Waals surface area contributed by atoms with Crippen molar-refractivity contribution in [2.24, 2.45) is 0 Å². The molecular weight excluding hydrogens is 424 g/mol. The van der Waals surface area contributed by atoms with Gasteiger partial charge in [0.25, 0.3) is 0 Å². The Bertz CT molecular complexity index is 372. The normalized spacial score (nSPS) is 11.3. The SMILES string of the molecule is O=C(O)CCCCCCCCCCCCCCCCCCCCCCCCCCCCCS. The van der Waals surface area contributed by atoms with Gasteiger partial charge in [-0.1, -0.05) is 161 Å². The third-order valence-corrected chi connectivity index (χ3v) is 7.36. The minimum atomic E-state index is -0.650. The molecule has 0 bridgehead atoms. The van der Waals surface area contributed by atoms with Gasteiger partial charge in [-0.25, -0.2) is 0 Å². The summed E-state index contributed by atoms with van der Waals surface area (Å²) in [7, 11) is 0. The van der Waals surface area contributed by atoms with E-state index in [1.807, 2.05) is 0 Å². The molecule has 0 saturated carbocycles. The number of carboxylic acid groups (broad SMARTS) is 1. The van der Waals surface area contributed by atoms with Crippen LogP contribution in [0.15, 0.2) is 0 Å². The zero-order chi connectivity index (χ0) is 24.1. The van der Waals surface area contributed by atoms with Crippen molar-refractivity contribution in [2.75, 3.05) is 5.75 Å². The highest BCUT2D eigenvalue weighted by molar-refractivity contribution is 7.80. The summed E-state index contributed by atoms with van der Waals surface area (Å²) in [6.45, 7) is 0. The number of aliphatic carboxylic acids is 1. The Labute approximate surface area is 213 Å². The Hall–Kier alpha value is -0.180. The van der Waals surface area contributed by atoms with Gasteiger partial charge in [-0.15, -0.1) is 0 Å². The first kappa shape index (κ1) is 32.8. The van der Waals surface area contributed by atoms with E-state index < -0.39 is 5.97 Å². The van der Waals surface area contributed by atoms with Crippen LogP contribution in [-0.4, -0.2) is 16.8 Å². The molecule has 0 heterocycles. The minimum Gasteiger partial charge on any atom is -0.481 e. The molecule has 3 heteroatoms. The van der Waals surface area contributed by atoms with Crippen molar-refractivity contribution in [3.05, 3.63) is 0 Å². The number of hydrogen-bond acceptors (Lipinski definition) is 2. The van der Waals surface area contributed by atoms with Gasteiger partial charge in [-0.3, -0.25) is 4.79 Å². The summed E-state index contributed by atoms with van der Waals surface area (Å²) in [5, 5.41) is 8.61. The molecule has 0 aromatic heterocycles. The molecule has 1 N–H and O–H groups in total. The maximum Gasteiger partial charge on any atom is 0.303 e. The highest BCUT2D eigenvalue weighted by Crippen LogP contribution is 2.16. The van der Waals surface area contributed by atoms with Crippen LogP contribution in [0.5, 0.6) is 0 Å². The van der Waals surface area contributed by atoms with Gasteiger partial charge >= 0.3 is 5.97 Å². The molecule has 0 rings (SSSR count). The minimum absolute atomic E-state index is 0.345. The van der Waals surface area contributed by atoms with E-state index >= 15 is 0 Å². The van der Waals surface area contributed by atoms with E-state index in [0.717, 1.165) is 18.6 Å². The van der Waals surface area contributed by atoms with E-state index in [9.17, 15) is 4.79 Å². The van der Waals surface area contributed by atoms with Gasteiger partial charge in [0, 0.05) is 6.42 Å². The molecule has 0 aromatic rings. The third kappa shape index (κ3) is 31.8. The summed E-state index contributed by atoms with van der Waals surface area (Å²) >= 11 is 4.27. The van der Waals surface area contributed by atoms with E-state index in [1.54, 1.807) is 0 Å². The largest absolute Gasteiger partial charge is 0.481 e. The van der Waals surface area contributed by atoms with Crippen LogP contribution >= 0.6 is 12.6 Å². The average molecular weight is 485 g/mol. The van der Waals surface area contributed by atoms with Crippen LogP contribution in [0, 0.1) is 0 Å². The van der Waals surface area contributed by atoms with Gasteiger partial charge in [-0.2, -0.15) is 12.6 Å². The molecule has 0 atom stereocenters. The Morgan fingerprint density at radius 3 is 0.727 bits per heavy atom. The van der Waals surface area contributed by atoms with Gasteiger partial charge in [0.05, 0.1) is 0 Å². The maximum absolute atomic E-state index is 10.4. The predicted molar refractivity (Wildman–Crippen MR) is 151 cm³/mol. The highest BCUT2D eigenvalue weighted by atomic mass is 32.1. The molecule has 0 aliphatic heterocycles. The molecular formula is C30H60O2S. The first-order valence-corrected chi connectivity index (χ1v) is 15.7. The summed E-state index contributed by atoms with van der Waals surface area (Å²) in [5.74, 6) is 0.409. The van der Waals surface area contributed by atoms with Gasteiger partial charge in [0.15, 0.2) is 0 Å². The summed E-state index contributed by atoms with van der Waals surface area (Å²) in [4.78, 5) is 10.4. The van der Waals surface area contributed by atoms with Gasteiger partial charge in [-0.05, 0) is 18.6 Å². The molecule has 0 aromatic carbocycles. The van der Waals surface area contributed by atoms with Crippen molar-refractivity contribution >= 4 is 18.6 Å². The van der Waals surface area contributed by atoms with Crippen LogP contribution in [0.1, 0.15) is 180 Å². The van der Waals surface area contributed by atoms with Crippen molar-refractivity contribution in [1.29, 1.82) is 0 Å². The first-order chi connectivity index (χ1) is 16.3. The zero-order valence-corrected chi connectivity index (χ0v) is 23.2. The lowest BCUT2D eigenvalue weighted by Gasteiger charge is -2.04. The molecule has 0 radical (unpaired) electrons. The van der Waals surface area contributed by atoms with E-state index in [0.29, 0.717) is 6.42 Å². The van der Waals surface area contributed by atoms with Crippen LogP contribution in [-0.2, 0) is 4.79 Å². The Balaban J connectivity index is 3.01. The fourth-order valence-corrected chi connectivity index (χ4v) is 5.03. The van der Waals surface area contributed by atoms with Crippen molar-refractivity contribution in [2.45, 2.75) is 180 Å². The quantitative estimate of drug-likeness (QED) is 0.0818. The number of unbranched alkanes of at least 4 members (excludes halogenated alkanes) is 26. The number of rotatable bonds is 29. The van der Waals surface area contributed by atoms with Crippen LogP contribution < -0.4 is 0 Å². The lowest BCUT2D eigenvalue weighted by atomic mass is 10.0. The third-order valence-electron chi connectivity index (χ3n) is 7.05. The fraction of sp³-hybridized carbons (Fsp3) is 0.967. The van der Waals surface area contributed by atoms with Crippen molar-refractivity contribution in [1.82, 2.24) is 0 Å². The number of thiol groups is 1. The first-order valence-electron chi connectivity index (χ1n) is 15.1. The van der Waals surface area contributed by atoms with Crippen LogP contribution in [0.4, 0.5) is 0 Å². The Morgan fingerprint density at radius 1 is 0.364 bits per heavy atom. The summed E-state index contributed by atoms with van der Waals surface area (Å²) in [6, 6.07) is 0. The molecule has 0 amide bonds. The second kappa shape index (κ2) is 29.9. The van der Waals surface area contributed by atoms with Crippen molar-refractivity contribution in [3.8, 4) is 0 Å². The number of carbonyl (C=O) groups is 1. The van der Waals surface area contributed by atoms with Crippen LogP contribution in [0.2, 0.25) is 0 Å². The van der Waals surface area contributed by atoms with E-state index in [-0.39, 0.29) is 0 Å². The number of hydrogen-bond donors (Lipinski definition) is 2. The zero-order valence-electron chi connectivity index (χ0n) is 22.3. The molecule has 0 aliphatic rings. The lowest BCUT2D eigenvalue weighted by Crippen LogP contribution is -1.93. The van der Waals surface area contributed by atoms with Crippen LogP contribution in [0.25, 0.3) is 0 Å². The maximum atomic E-state index is 10.4. The van der Waals surface area contributed by atoms with Crippen molar-refractivity contribution < 1.29 is 9.90 Å². The second-order valence-corrected chi connectivity index (χ2v) is 10.9. The number of carboxylic acids is 1. The molecule has 0 fully saturated rings. The van der Waals surface area contributed by atoms with Gasteiger partial charge in [0.2, 0.25) is 0 Å². The summed E-state index contributed by atoms with van der Waals surface area (Å²) in [5.41, 5.74) is 0. The van der Waals surface area contributed by atoms with E-state index in [1.165, 1.54) is 161 Å². The summed E-state index contributed by atoms with van der Waals surface area (Å²) < 4.78 is 0. The molecule has 0 spiro atoms. The molecule has 2 nitrogen and oxygen atoms in total. The molecule has 0 unspecified atom stereocenters. The molecule has 33 heavy (non-hydrogen) atoms. The van der Waals surface area contributed by atoms with E-state index in [2.05, 4.69) is 12.6 Å². The average Bonchev–Trinajstić information content (AvgIpc) is 2.80. The smallest absolute Gasteiger partial charge is 0.303 e. The van der Waals surface area contributed by atoms with Gasteiger partial charge < -0.3 is 5.11 Å². The van der Waals surface area contributed by atoms with Gasteiger partial charge in [0.1, 0.15) is 0 Å².